The number of ether oxygens (including phenoxy) is 1. The zero-order valence-electron chi connectivity index (χ0n) is 11.5. The average Bonchev–Trinajstić information content (AvgIpc) is 2.38. The standard InChI is InChI=1S/C14H28N2O/c1-3-15-10-13-4-7-16(8-5-13)14-6-9-17-11-12(14)2/h12-15H,3-11H2,1-2H3. The second kappa shape index (κ2) is 6.72. The van der Waals surface area contributed by atoms with Gasteiger partial charge in [0.2, 0.25) is 0 Å². The second-order valence-electron chi connectivity index (χ2n) is 5.70. The summed E-state index contributed by atoms with van der Waals surface area (Å²) in [7, 11) is 0. The SMILES string of the molecule is CCNCC1CCN(C2CCOCC2C)CC1. The Balaban J connectivity index is 1.74. The van der Waals surface area contributed by atoms with E-state index in [2.05, 4.69) is 24.1 Å². The maximum atomic E-state index is 5.54. The molecule has 0 spiro atoms. The van der Waals surface area contributed by atoms with Gasteiger partial charge < -0.3 is 10.1 Å². The van der Waals surface area contributed by atoms with Crippen LogP contribution in [0, 0.1) is 11.8 Å². The van der Waals surface area contributed by atoms with E-state index in [0.29, 0.717) is 5.92 Å². The Hall–Kier alpha value is -0.120. The van der Waals surface area contributed by atoms with E-state index < -0.39 is 0 Å². The van der Waals surface area contributed by atoms with Gasteiger partial charge in [0.1, 0.15) is 0 Å². The van der Waals surface area contributed by atoms with Gasteiger partial charge >= 0.3 is 0 Å². The zero-order chi connectivity index (χ0) is 12.1. The number of piperidine rings is 1. The molecule has 0 saturated carbocycles. The summed E-state index contributed by atoms with van der Waals surface area (Å²) in [5.74, 6) is 1.62. The van der Waals surface area contributed by atoms with Crippen LogP contribution in [0.2, 0.25) is 0 Å². The number of hydrogen-bond donors (Lipinski definition) is 1. The number of nitrogens with zero attached hydrogens (tertiary/aromatic N) is 1. The van der Waals surface area contributed by atoms with Crippen LogP contribution in [0.25, 0.3) is 0 Å². The van der Waals surface area contributed by atoms with E-state index >= 15 is 0 Å². The first-order valence-corrected chi connectivity index (χ1v) is 7.33. The minimum absolute atomic E-state index is 0.717. The van der Waals surface area contributed by atoms with Crippen molar-refractivity contribution in [3.63, 3.8) is 0 Å². The molecule has 0 bridgehead atoms. The fourth-order valence-corrected chi connectivity index (χ4v) is 3.25. The van der Waals surface area contributed by atoms with E-state index in [0.717, 1.165) is 31.7 Å². The van der Waals surface area contributed by atoms with Crippen molar-refractivity contribution in [3.8, 4) is 0 Å². The molecule has 1 N–H and O–H groups in total. The second-order valence-corrected chi connectivity index (χ2v) is 5.70. The van der Waals surface area contributed by atoms with Crippen LogP contribution < -0.4 is 5.32 Å². The van der Waals surface area contributed by atoms with E-state index in [1.165, 1.54) is 38.9 Å². The molecular weight excluding hydrogens is 212 g/mol. The van der Waals surface area contributed by atoms with Crippen LogP contribution >= 0.6 is 0 Å². The molecule has 3 nitrogen and oxygen atoms in total. The van der Waals surface area contributed by atoms with Crippen LogP contribution in [0.15, 0.2) is 0 Å². The zero-order valence-corrected chi connectivity index (χ0v) is 11.5. The van der Waals surface area contributed by atoms with Gasteiger partial charge in [0.25, 0.3) is 0 Å². The molecule has 3 heteroatoms. The van der Waals surface area contributed by atoms with Crippen molar-refractivity contribution in [1.82, 2.24) is 10.2 Å². The maximum Gasteiger partial charge on any atom is 0.0506 e. The molecule has 2 aliphatic heterocycles. The third-order valence-corrected chi connectivity index (χ3v) is 4.40. The van der Waals surface area contributed by atoms with Crippen LogP contribution in [0.3, 0.4) is 0 Å². The van der Waals surface area contributed by atoms with Crippen molar-refractivity contribution in [2.75, 3.05) is 39.4 Å². The number of likely N-dealkylation sites (tertiary alicyclic amines) is 1. The molecule has 2 heterocycles. The molecule has 0 aromatic heterocycles. The van der Waals surface area contributed by atoms with Gasteiger partial charge in [-0.05, 0) is 57.3 Å². The molecule has 2 unspecified atom stereocenters. The molecule has 2 saturated heterocycles. The summed E-state index contributed by atoms with van der Waals surface area (Å²) in [5.41, 5.74) is 0. The minimum atomic E-state index is 0.717. The summed E-state index contributed by atoms with van der Waals surface area (Å²) in [6.45, 7) is 11.4. The molecule has 0 radical (unpaired) electrons. The summed E-state index contributed by atoms with van der Waals surface area (Å²) in [4.78, 5) is 2.72. The average molecular weight is 240 g/mol. The van der Waals surface area contributed by atoms with Crippen molar-refractivity contribution in [2.45, 2.75) is 39.2 Å². The molecule has 2 atom stereocenters. The highest BCUT2D eigenvalue weighted by atomic mass is 16.5. The molecule has 100 valence electrons. The molecular formula is C14H28N2O. The predicted octanol–water partition coefficient (Wildman–Crippen LogP) is 1.73. The van der Waals surface area contributed by atoms with Crippen LogP contribution in [0.1, 0.15) is 33.1 Å². The van der Waals surface area contributed by atoms with Crippen LogP contribution in [-0.2, 0) is 4.74 Å². The first-order valence-electron chi connectivity index (χ1n) is 7.33. The lowest BCUT2D eigenvalue weighted by Gasteiger charge is -2.42. The van der Waals surface area contributed by atoms with E-state index in [1.807, 2.05) is 0 Å². The van der Waals surface area contributed by atoms with Crippen molar-refractivity contribution in [2.24, 2.45) is 11.8 Å². The number of nitrogens with one attached hydrogen (secondary N) is 1. The van der Waals surface area contributed by atoms with Crippen molar-refractivity contribution in [3.05, 3.63) is 0 Å². The quantitative estimate of drug-likeness (QED) is 0.810. The van der Waals surface area contributed by atoms with Gasteiger partial charge in [-0.2, -0.15) is 0 Å². The van der Waals surface area contributed by atoms with Crippen LogP contribution in [-0.4, -0.2) is 50.3 Å². The summed E-state index contributed by atoms with van der Waals surface area (Å²) in [5, 5.41) is 3.48. The fraction of sp³-hybridized carbons (Fsp3) is 1.00. The smallest absolute Gasteiger partial charge is 0.0506 e. The van der Waals surface area contributed by atoms with Crippen molar-refractivity contribution < 1.29 is 4.74 Å². The molecule has 2 aliphatic rings. The molecule has 2 rings (SSSR count). The molecule has 0 aromatic carbocycles. The van der Waals surface area contributed by atoms with Crippen molar-refractivity contribution >= 4 is 0 Å². The van der Waals surface area contributed by atoms with Gasteiger partial charge in [-0.3, -0.25) is 4.90 Å². The first-order chi connectivity index (χ1) is 8.31. The maximum absolute atomic E-state index is 5.54. The Kier molecular flexibility index (Phi) is 5.26. The topological polar surface area (TPSA) is 24.5 Å². The molecule has 0 aromatic rings. The van der Waals surface area contributed by atoms with Gasteiger partial charge in [0, 0.05) is 12.6 Å². The predicted molar refractivity (Wildman–Crippen MR) is 71.2 cm³/mol. The highest BCUT2D eigenvalue weighted by Gasteiger charge is 2.30. The Bertz CT molecular complexity index is 214. The molecule has 17 heavy (non-hydrogen) atoms. The van der Waals surface area contributed by atoms with Gasteiger partial charge in [0.05, 0.1) is 6.61 Å². The van der Waals surface area contributed by atoms with Gasteiger partial charge in [-0.25, -0.2) is 0 Å². The Morgan fingerprint density at radius 3 is 2.65 bits per heavy atom. The number of hydrogen-bond acceptors (Lipinski definition) is 3. The van der Waals surface area contributed by atoms with E-state index in [-0.39, 0.29) is 0 Å². The normalized spacial score (nSPS) is 32.8. The Morgan fingerprint density at radius 2 is 2.00 bits per heavy atom. The van der Waals surface area contributed by atoms with Gasteiger partial charge in [-0.15, -0.1) is 0 Å². The van der Waals surface area contributed by atoms with Gasteiger partial charge in [0.15, 0.2) is 0 Å². The first kappa shape index (κ1) is 13.3. The lowest BCUT2D eigenvalue weighted by atomic mass is 9.90. The number of rotatable bonds is 4. The molecule has 0 aliphatic carbocycles. The highest BCUT2D eigenvalue weighted by Crippen LogP contribution is 2.25. The van der Waals surface area contributed by atoms with E-state index in [1.54, 1.807) is 0 Å². The summed E-state index contributed by atoms with van der Waals surface area (Å²) < 4.78 is 5.54. The monoisotopic (exact) mass is 240 g/mol. The summed E-state index contributed by atoms with van der Waals surface area (Å²) in [6, 6.07) is 0.781. The van der Waals surface area contributed by atoms with E-state index in [9.17, 15) is 0 Å². The third kappa shape index (κ3) is 3.67. The molecule has 0 amide bonds. The largest absolute Gasteiger partial charge is 0.381 e. The fourth-order valence-electron chi connectivity index (χ4n) is 3.25. The van der Waals surface area contributed by atoms with Crippen molar-refractivity contribution in [1.29, 1.82) is 0 Å². The Morgan fingerprint density at radius 1 is 1.24 bits per heavy atom. The van der Waals surface area contributed by atoms with Crippen LogP contribution in [0.5, 0.6) is 0 Å². The summed E-state index contributed by atoms with van der Waals surface area (Å²) >= 11 is 0. The van der Waals surface area contributed by atoms with E-state index in [4.69, 9.17) is 4.74 Å². The minimum Gasteiger partial charge on any atom is -0.381 e. The summed E-state index contributed by atoms with van der Waals surface area (Å²) in [6.07, 6.45) is 3.98. The highest BCUT2D eigenvalue weighted by molar-refractivity contribution is 4.84. The molecule has 2 fully saturated rings. The lowest BCUT2D eigenvalue weighted by Crippen LogP contribution is -2.48. The Labute approximate surface area is 106 Å². The lowest BCUT2D eigenvalue weighted by molar-refractivity contribution is -0.0163. The van der Waals surface area contributed by atoms with Crippen LogP contribution in [0.4, 0.5) is 0 Å². The van der Waals surface area contributed by atoms with Gasteiger partial charge in [-0.1, -0.05) is 13.8 Å². The third-order valence-electron chi connectivity index (χ3n) is 4.40.